The Morgan fingerprint density at radius 1 is 0.966 bits per heavy atom. The molecular formula is C24H18N2O2S. The molecule has 5 heteroatoms. The highest BCUT2D eigenvalue weighted by molar-refractivity contribution is 7.98. The van der Waals surface area contributed by atoms with Gasteiger partial charge in [0.25, 0.3) is 0 Å². The fourth-order valence-corrected chi connectivity index (χ4v) is 4.55. The Morgan fingerprint density at radius 2 is 1.79 bits per heavy atom. The van der Waals surface area contributed by atoms with Crippen LogP contribution in [0.1, 0.15) is 11.1 Å². The Balaban J connectivity index is 1.50. The fraction of sp³-hybridized carbons (Fsp3) is 0.0833. The third kappa shape index (κ3) is 3.57. The summed E-state index contributed by atoms with van der Waals surface area (Å²) in [6.45, 7) is 0.768. The van der Waals surface area contributed by atoms with Gasteiger partial charge in [0.05, 0.1) is 0 Å². The summed E-state index contributed by atoms with van der Waals surface area (Å²) in [6.07, 6.45) is 3.81. The maximum absolute atomic E-state index is 12.1. The lowest BCUT2D eigenvalue weighted by atomic mass is 10.0. The maximum Gasteiger partial charge on any atom is 0.336 e. The monoisotopic (exact) mass is 398 g/mol. The van der Waals surface area contributed by atoms with Gasteiger partial charge >= 0.3 is 5.63 Å². The molecule has 0 aliphatic rings. The highest BCUT2D eigenvalue weighted by atomic mass is 32.2. The summed E-state index contributed by atoms with van der Waals surface area (Å²) < 4.78 is 7.60. The Kier molecular flexibility index (Phi) is 4.66. The zero-order chi connectivity index (χ0) is 19.6. The van der Waals surface area contributed by atoms with Gasteiger partial charge in [0.15, 0.2) is 5.16 Å². The Labute approximate surface area is 171 Å². The fourth-order valence-electron chi connectivity index (χ4n) is 3.61. The van der Waals surface area contributed by atoms with E-state index in [2.05, 4.69) is 33.8 Å². The summed E-state index contributed by atoms with van der Waals surface area (Å²) in [6, 6.07) is 24.0. The normalized spacial score (nSPS) is 11.3. The second-order valence-electron chi connectivity index (χ2n) is 6.86. The van der Waals surface area contributed by atoms with Gasteiger partial charge in [-0.1, -0.05) is 72.4 Å². The number of hydrogen-bond acceptors (Lipinski definition) is 4. The maximum atomic E-state index is 12.1. The van der Waals surface area contributed by atoms with E-state index in [0.717, 1.165) is 33.4 Å². The summed E-state index contributed by atoms with van der Waals surface area (Å²) in [4.78, 5) is 16.6. The first-order valence-electron chi connectivity index (χ1n) is 9.40. The standard InChI is InChI=1S/C24H18N2O2S/c27-22-14-19(23-20-9-5-4-8-18(20)10-11-21(23)28-22)16-29-24-25-12-13-26(24)15-17-6-2-1-3-7-17/h1-14H,15-16H2. The zero-order valence-electron chi connectivity index (χ0n) is 15.6. The first kappa shape index (κ1) is 17.8. The molecule has 0 aliphatic heterocycles. The number of rotatable bonds is 5. The summed E-state index contributed by atoms with van der Waals surface area (Å²) >= 11 is 1.63. The molecule has 0 N–H and O–H groups in total. The Hall–Kier alpha value is -3.31. The lowest BCUT2D eigenvalue weighted by molar-refractivity contribution is 0.560. The average Bonchev–Trinajstić information content (AvgIpc) is 3.19. The summed E-state index contributed by atoms with van der Waals surface area (Å²) in [5, 5.41) is 4.15. The molecule has 2 aromatic heterocycles. The molecule has 0 saturated carbocycles. The average molecular weight is 398 g/mol. The van der Waals surface area contributed by atoms with Crippen molar-refractivity contribution in [2.75, 3.05) is 0 Å². The van der Waals surface area contributed by atoms with Gasteiger partial charge in [-0.2, -0.15) is 0 Å². The third-order valence-corrected chi connectivity index (χ3v) is 6.00. The number of aromatic nitrogens is 2. The van der Waals surface area contributed by atoms with E-state index in [1.807, 2.05) is 54.9 Å². The van der Waals surface area contributed by atoms with Crippen LogP contribution in [-0.2, 0) is 12.3 Å². The van der Waals surface area contributed by atoms with E-state index in [4.69, 9.17) is 4.42 Å². The van der Waals surface area contributed by atoms with Crippen LogP contribution in [0.2, 0.25) is 0 Å². The van der Waals surface area contributed by atoms with Crippen LogP contribution < -0.4 is 5.63 Å². The molecule has 2 heterocycles. The molecule has 0 bridgehead atoms. The predicted molar refractivity (Wildman–Crippen MR) is 117 cm³/mol. The van der Waals surface area contributed by atoms with Crippen molar-refractivity contribution in [1.82, 2.24) is 9.55 Å². The largest absolute Gasteiger partial charge is 0.423 e. The Bertz CT molecular complexity index is 1360. The lowest BCUT2D eigenvalue weighted by Gasteiger charge is -2.10. The van der Waals surface area contributed by atoms with Crippen LogP contribution in [-0.4, -0.2) is 9.55 Å². The van der Waals surface area contributed by atoms with E-state index in [9.17, 15) is 4.79 Å². The van der Waals surface area contributed by atoms with Crippen molar-refractivity contribution in [1.29, 1.82) is 0 Å². The minimum atomic E-state index is -0.323. The predicted octanol–water partition coefficient (Wildman–Crippen LogP) is 5.48. The van der Waals surface area contributed by atoms with Crippen LogP contribution >= 0.6 is 11.8 Å². The van der Waals surface area contributed by atoms with E-state index in [-0.39, 0.29) is 5.63 Å². The summed E-state index contributed by atoms with van der Waals surface area (Å²) in [5.74, 6) is 0.641. The topological polar surface area (TPSA) is 48.0 Å². The number of thioether (sulfide) groups is 1. The van der Waals surface area contributed by atoms with Gasteiger partial charge in [-0.3, -0.25) is 0 Å². The van der Waals surface area contributed by atoms with Crippen molar-refractivity contribution >= 4 is 33.5 Å². The molecule has 3 aromatic carbocycles. The highest BCUT2D eigenvalue weighted by Crippen LogP contribution is 2.31. The zero-order valence-corrected chi connectivity index (χ0v) is 16.4. The van der Waals surface area contributed by atoms with E-state index in [1.165, 1.54) is 5.56 Å². The van der Waals surface area contributed by atoms with Crippen molar-refractivity contribution in [3.63, 3.8) is 0 Å². The highest BCUT2D eigenvalue weighted by Gasteiger charge is 2.12. The van der Waals surface area contributed by atoms with Crippen molar-refractivity contribution in [2.45, 2.75) is 17.5 Å². The molecule has 0 spiro atoms. The van der Waals surface area contributed by atoms with Gasteiger partial charge < -0.3 is 8.98 Å². The van der Waals surface area contributed by atoms with Gasteiger partial charge in [-0.05, 0) is 28.0 Å². The molecule has 0 radical (unpaired) electrons. The van der Waals surface area contributed by atoms with Crippen molar-refractivity contribution < 1.29 is 4.42 Å². The lowest BCUT2D eigenvalue weighted by Crippen LogP contribution is -2.02. The molecule has 0 fully saturated rings. The number of nitrogens with zero attached hydrogens (tertiary/aromatic N) is 2. The van der Waals surface area contributed by atoms with Crippen LogP contribution in [0.25, 0.3) is 21.7 Å². The van der Waals surface area contributed by atoms with E-state index in [1.54, 1.807) is 17.8 Å². The minimum Gasteiger partial charge on any atom is -0.423 e. The molecule has 0 unspecified atom stereocenters. The first-order valence-corrected chi connectivity index (χ1v) is 10.4. The number of benzene rings is 3. The molecule has 142 valence electrons. The van der Waals surface area contributed by atoms with Gasteiger partial charge in [-0.15, -0.1) is 0 Å². The van der Waals surface area contributed by atoms with Gasteiger partial charge in [-0.25, -0.2) is 9.78 Å². The van der Waals surface area contributed by atoms with E-state index < -0.39 is 0 Å². The number of imidazole rings is 1. The first-order chi connectivity index (χ1) is 14.3. The van der Waals surface area contributed by atoms with Crippen LogP contribution in [0.4, 0.5) is 0 Å². The number of hydrogen-bond donors (Lipinski definition) is 0. The van der Waals surface area contributed by atoms with Crippen LogP contribution in [0.3, 0.4) is 0 Å². The summed E-state index contributed by atoms with van der Waals surface area (Å²) in [7, 11) is 0. The summed E-state index contributed by atoms with van der Waals surface area (Å²) in [5.41, 5.74) is 2.49. The van der Waals surface area contributed by atoms with Crippen molar-refractivity contribution in [3.05, 3.63) is 107 Å². The molecule has 5 rings (SSSR count). The third-order valence-electron chi connectivity index (χ3n) is 4.94. The second kappa shape index (κ2) is 7.60. The van der Waals surface area contributed by atoms with Gasteiger partial charge in [0.2, 0.25) is 0 Å². The molecule has 4 nitrogen and oxygen atoms in total. The van der Waals surface area contributed by atoms with Crippen LogP contribution in [0, 0.1) is 0 Å². The molecule has 29 heavy (non-hydrogen) atoms. The molecular weight excluding hydrogens is 380 g/mol. The van der Waals surface area contributed by atoms with Gasteiger partial charge in [0, 0.05) is 36.1 Å². The van der Waals surface area contributed by atoms with Crippen LogP contribution in [0.5, 0.6) is 0 Å². The molecule has 0 amide bonds. The van der Waals surface area contributed by atoms with E-state index in [0.29, 0.717) is 11.3 Å². The molecule has 5 aromatic rings. The van der Waals surface area contributed by atoms with Crippen molar-refractivity contribution in [2.24, 2.45) is 0 Å². The van der Waals surface area contributed by atoms with E-state index >= 15 is 0 Å². The van der Waals surface area contributed by atoms with Crippen molar-refractivity contribution in [3.8, 4) is 0 Å². The molecule has 0 saturated heterocycles. The van der Waals surface area contributed by atoms with Crippen LogP contribution in [0.15, 0.2) is 99.6 Å². The molecule has 0 aliphatic carbocycles. The number of fused-ring (bicyclic) bond motifs is 3. The SMILES string of the molecule is O=c1cc(CSc2nccn2Cc2ccccc2)c2c(ccc3ccccc32)o1. The quantitative estimate of drug-likeness (QED) is 0.223. The molecule has 0 atom stereocenters. The Morgan fingerprint density at radius 3 is 2.69 bits per heavy atom. The second-order valence-corrected chi connectivity index (χ2v) is 7.80. The smallest absolute Gasteiger partial charge is 0.336 e. The minimum absolute atomic E-state index is 0.323. The van der Waals surface area contributed by atoms with Gasteiger partial charge in [0.1, 0.15) is 5.58 Å².